The van der Waals surface area contributed by atoms with Gasteiger partial charge >= 0.3 is 0 Å². The number of benzene rings is 1. The Balaban J connectivity index is 1.38. The lowest BCUT2D eigenvalue weighted by Gasteiger charge is -2.18. The third kappa shape index (κ3) is 6.60. The summed E-state index contributed by atoms with van der Waals surface area (Å²) in [5.74, 6) is -0.208. The summed E-state index contributed by atoms with van der Waals surface area (Å²) in [6.07, 6.45) is 2.64. The van der Waals surface area contributed by atoms with E-state index >= 15 is 0 Å². The number of carbonyl (C=O) groups excluding carboxylic acids is 2. The second kappa shape index (κ2) is 11.4. The standard InChI is InChI=1S/C25H25N3O2S3/c1-2-5-17-8-10-18(11-9-17)24(21-7-4-13-32-21)27-22(29)14-19-16-33-25(26-19)28-23(30)15-20-6-3-12-31-20/h3-4,6-13,16,24H,2,5,14-15H2,1H3,(H,27,29)(H,26,28,30). The molecule has 4 aromatic rings. The van der Waals surface area contributed by atoms with Crippen LogP contribution in [0.5, 0.6) is 0 Å². The normalized spacial score (nSPS) is 11.8. The number of anilines is 1. The van der Waals surface area contributed by atoms with E-state index in [-0.39, 0.29) is 24.3 Å². The Kier molecular flexibility index (Phi) is 8.04. The van der Waals surface area contributed by atoms with Gasteiger partial charge in [0.1, 0.15) is 0 Å². The van der Waals surface area contributed by atoms with Gasteiger partial charge in [0.2, 0.25) is 11.8 Å². The molecule has 33 heavy (non-hydrogen) atoms. The largest absolute Gasteiger partial charge is 0.344 e. The number of nitrogens with one attached hydrogen (secondary N) is 2. The van der Waals surface area contributed by atoms with Gasteiger partial charge in [0.25, 0.3) is 0 Å². The molecule has 0 fully saturated rings. The van der Waals surface area contributed by atoms with Crippen molar-refractivity contribution < 1.29 is 9.59 Å². The van der Waals surface area contributed by atoms with Crippen LogP contribution in [0.1, 0.15) is 46.0 Å². The smallest absolute Gasteiger partial charge is 0.231 e. The fraction of sp³-hybridized carbons (Fsp3) is 0.240. The van der Waals surface area contributed by atoms with E-state index in [4.69, 9.17) is 0 Å². The maximum Gasteiger partial charge on any atom is 0.231 e. The molecule has 5 nitrogen and oxygen atoms in total. The highest BCUT2D eigenvalue weighted by Gasteiger charge is 2.19. The fourth-order valence-corrected chi connectivity index (χ4v) is 5.73. The van der Waals surface area contributed by atoms with Gasteiger partial charge in [-0.1, -0.05) is 49.7 Å². The number of aromatic nitrogens is 1. The predicted octanol–water partition coefficient (Wildman–Crippen LogP) is 5.85. The van der Waals surface area contributed by atoms with Gasteiger partial charge in [-0.25, -0.2) is 4.98 Å². The van der Waals surface area contributed by atoms with Crippen LogP contribution >= 0.6 is 34.0 Å². The van der Waals surface area contributed by atoms with Crippen molar-refractivity contribution in [2.45, 2.75) is 38.6 Å². The van der Waals surface area contributed by atoms with Crippen LogP contribution < -0.4 is 10.6 Å². The van der Waals surface area contributed by atoms with Gasteiger partial charge in [0.15, 0.2) is 5.13 Å². The van der Waals surface area contributed by atoms with E-state index in [0.29, 0.717) is 17.2 Å². The average molecular weight is 496 g/mol. The first-order valence-electron chi connectivity index (χ1n) is 10.8. The molecule has 0 aliphatic heterocycles. The molecule has 0 spiro atoms. The maximum atomic E-state index is 12.9. The molecule has 3 heterocycles. The zero-order valence-electron chi connectivity index (χ0n) is 18.2. The van der Waals surface area contributed by atoms with E-state index in [1.807, 2.05) is 40.4 Å². The molecular weight excluding hydrogens is 470 g/mol. The lowest BCUT2D eigenvalue weighted by Crippen LogP contribution is -2.30. The fourth-order valence-electron chi connectivity index (χ4n) is 3.50. The monoisotopic (exact) mass is 495 g/mol. The van der Waals surface area contributed by atoms with Gasteiger partial charge in [-0.3, -0.25) is 9.59 Å². The molecule has 0 aliphatic rings. The first kappa shape index (κ1) is 23.4. The number of carbonyl (C=O) groups is 2. The molecule has 0 saturated carbocycles. The minimum Gasteiger partial charge on any atom is -0.344 e. The van der Waals surface area contributed by atoms with Crippen molar-refractivity contribution in [3.8, 4) is 0 Å². The van der Waals surface area contributed by atoms with Gasteiger partial charge in [-0.05, 0) is 40.4 Å². The Bertz CT molecular complexity index is 1170. The second-order valence-electron chi connectivity index (χ2n) is 7.63. The first-order valence-corrected chi connectivity index (χ1v) is 13.4. The summed E-state index contributed by atoms with van der Waals surface area (Å²) in [4.78, 5) is 31.6. The molecule has 0 bridgehead atoms. The summed E-state index contributed by atoms with van der Waals surface area (Å²) in [5.41, 5.74) is 3.01. The summed E-state index contributed by atoms with van der Waals surface area (Å²) in [7, 11) is 0. The SMILES string of the molecule is CCCc1ccc(C(NC(=O)Cc2csc(NC(=O)Cc3cccs3)n2)c2cccs2)cc1. The number of rotatable bonds is 10. The van der Waals surface area contributed by atoms with Crippen LogP contribution in [0.2, 0.25) is 0 Å². The van der Waals surface area contributed by atoms with Crippen LogP contribution in [0, 0.1) is 0 Å². The van der Waals surface area contributed by atoms with Crippen molar-refractivity contribution in [2.24, 2.45) is 0 Å². The Morgan fingerprint density at radius 2 is 1.73 bits per heavy atom. The number of aryl methyl sites for hydroxylation is 1. The van der Waals surface area contributed by atoms with Crippen LogP contribution in [0.3, 0.4) is 0 Å². The van der Waals surface area contributed by atoms with Crippen molar-refractivity contribution >= 4 is 51.0 Å². The summed E-state index contributed by atoms with van der Waals surface area (Å²) >= 11 is 4.51. The van der Waals surface area contributed by atoms with Crippen molar-refractivity contribution in [3.05, 3.63) is 91.2 Å². The number of hydrogen-bond acceptors (Lipinski definition) is 6. The van der Waals surface area contributed by atoms with E-state index in [9.17, 15) is 9.59 Å². The number of amides is 2. The minimum atomic E-state index is -0.197. The molecule has 8 heteroatoms. The van der Waals surface area contributed by atoms with Gasteiger partial charge < -0.3 is 10.6 Å². The topological polar surface area (TPSA) is 71.1 Å². The molecule has 2 amide bonds. The van der Waals surface area contributed by atoms with Crippen LogP contribution in [-0.4, -0.2) is 16.8 Å². The minimum absolute atomic E-state index is 0.104. The van der Waals surface area contributed by atoms with Crippen molar-refractivity contribution in [3.63, 3.8) is 0 Å². The zero-order chi connectivity index (χ0) is 23.0. The third-order valence-corrected chi connectivity index (χ3v) is 7.66. The molecule has 0 radical (unpaired) electrons. The Morgan fingerprint density at radius 1 is 0.939 bits per heavy atom. The zero-order valence-corrected chi connectivity index (χ0v) is 20.7. The molecule has 1 aromatic carbocycles. The van der Waals surface area contributed by atoms with Gasteiger partial charge in [-0.15, -0.1) is 34.0 Å². The average Bonchev–Trinajstić information content (AvgIpc) is 3.57. The molecule has 1 atom stereocenters. The maximum absolute atomic E-state index is 12.9. The highest BCUT2D eigenvalue weighted by atomic mass is 32.1. The Hall–Kier alpha value is -2.81. The van der Waals surface area contributed by atoms with Crippen LogP contribution in [0.15, 0.2) is 64.7 Å². The van der Waals surface area contributed by atoms with Crippen LogP contribution in [0.25, 0.3) is 0 Å². The number of nitrogens with zero attached hydrogens (tertiary/aromatic N) is 1. The van der Waals surface area contributed by atoms with Crippen molar-refractivity contribution in [1.82, 2.24) is 10.3 Å². The highest BCUT2D eigenvalue weighted by molar-refractivity contribution is 7.14. The van der Waals surface area contributed by atoms with E-state index in [1.54, 1.807) is 22.7 Å². The van der Waals surface area contributed by atoms with E-state index in [0.717, 1.165) is 28.2 Å². The third-order valence-electron chi connectivity index (χ3n) is 5.04. The lowest BCUT2D eigenvalue weighted by atomic mass is 10.0. The van der Waals surface area contributed by atoms with Crippen molar-refractivity contribution in [1.29, 1.82) is 0 Å². The molecule has 0 saturated heterocycles. The van der Waals surface area contributed by atoms with E-state index in [2.05, 4.69) is 46.8 Å². The van der Waals surface area contributed by atoms with Crippen molar-refractivity contribution in [2.75, 3.05) is 5.32 Å². The number of thiophene rings is 2. The highest BCUT2D eigenvalue weighted by Crippen LogP contribution is 2.27. The lowest BCUT2D eigenvalue weighted by molar-refractivity contribution is -0.121. The molecule has 2 N–H and O–H groups in total. The molecule has 4 rings (SSSR count). The van der Waals surface area contributed by atoms with Gasteiger partial charge in [0, 0.05) is 15.1 Å². The van der Waals surface area contributed by atoms with Gasteiger partial charge in [0.05, 0.1) is 24.6 Å². The Morgan fingerprint density at radius 3 is 2.42 bits per heavy atom. The number of hydrogen-bond donors (Lipinski definition) is 2. The molecule has 170 valence electrons. The quantitative estimate of drug-likeness (QED) is 0.290. The van der Waals surface area contributed by atoms with Crippen LogP contribution in [-0.2, 0) is 28.9 Å². The molecule has 0 aliphatic carbocycles. The Labute approximate surface area is 205 Å². The first-order chi connectivity index (χ1) is 16.1. The van der Waals surface area contributed by atoms with E-state index in [1.165, 1.54) is 16.9 Å². The molecule has 3 aromatic heterocycles. The summed E-state index contributed by atoms with van der Waals surface area (Å²) in [5, 5.41) is 12.3. The van der Waals surface area contributed by atoms with Crippen LogP contribution in [0.4, 0.5) is 5.13 Å². The van der Waals surface area contributed by atoms with Gasteiger partial charge in [-0.2, -0.15) is 0 Å². The van der Waals surface area contributed by atoms with E-state index < -0.39 is 0 Å². The predicted molar refractivity (Wildman–Crippen MR) is 137 cm³/mol. The molecular formula is C25H25N3O2S3. The number of thiazole rings is 1. The molecule has 1 unspecified atom stereocenters. The summed E-state index contributed by atoms with van der Waals surface area (Å²) < 4.78 is 0. The second-order valence-corrected chi connectivity index (χ2v) is 10.5. The summed E-state index contributed by atoms with van der Waals surface area (Å²) in [6.45, 7) is 2.17. The summed E-state index contributed by atoms with van der Waals surface area (Å²) in [6, 6.07) is 16.2.